The van der Waals surface area contributed by atoms with Gasteiger partial charge in [0.05, 0.1) is 5.56 Å². The smallest absolute Gasteiger partial charge is 0.335 e. The van der Waals surface area contributed by atoms with Crippen molar-refractivity contribution < 1.29 is 29.7 Å². The maximum absolute atomic E-state index is 10.6. The Morgan fingerprint density at radius 3 is 1.76 bits per heavy atom. The monoisotopic (exact) mass is 256 g/mol. The molecule has 0 amide bonds. The maximum atomic E-state index is 10.6. The Morgan fingerprint density at radius 1 is 0.941 bits per heavy atom. The fourth-order valence-electron chi connectivity index (χ4n) is 1.02. The molecule has 0 aliphatic carbocycles. The molecule has 0 aromatic heterocycles. The van der Waals surface area contributed by atoms with E-state index < -0.39 is 23.2 Å². The number of carboxylic acids is 3. The van der Waals surface area contributed by atoms with E-state index in [2.05, 4.69) is 0 Å². The maximum Gasteiger partial charge on any atom is 0.335 e. The van der Waals surface area contributed by atoms with Crippen LogP contribution in [0.2, 0.25) is 0 Å². The molecule has 1 aromatic rings. The van der Waals surface area contributed by atoms with Crippen LogP contribution in [0.1, 0.15) is 10.4 Å². The average Bonchev–Trinajstić information content (AvgIpc) is 2.25. The molecule has 0 unspecified atom stereocenters. The van der Waals surface area contributed by atoms with E-state index in [4.69, 9.17) is 15.3 Å². The number of thioether (sulfide) groups is 1. The third-order valence-electron chi connectivity index (χ3n) is 1.80. The van der Waals surface area contributed by atoms with E-state index in [0.29, 0.717) is 16.7 Å². The number of rotatable bonds is 5. The van der Waals surface area contributed by atoms with Gasteiger partial charge in [0.15, 0.2) is 0 Å². The highest BCUT2D eigenvalue weighted by atomic mass is 32.2. The van der Waals surface area contributed by atoms with Crippen LogP contribution >= 0.6 is 11.8 Å². The van der Waals surface area contributed by atoms with Gasteiger partial charge in [0, 0.05) is 4.90 Å². The minimum Gasteiger partial charge on any atom is -0.480 e. The van der Waals surface area contributed by atoms with Crippen molar-refractivity contribution in [1.82, 2.24) is 0 Å². The van der Waals surface area contributed by atoms with Crippen molar-refractivity contribution in [2.75, 3.05) is 0 Å². The van der Waals surface area contributed by atoms with Crippen LogP contribution in [0.3, 0.4) is 0 Å². The van der Waals surface area contributed by atoms with Crippen molar-refractivity contribution in [3.63, 3.8) is 0 Å². The summed E-state index contributed by atoms with van der Waals surface area (Å²) in [4.78, 5) is 32.2. The van der Waals surface area contributed by atoms with Gasteiger partial charge in [-0.1, -0.05) is 11.8 Å². The lowest BCUT2D eigenvalue weighted by Gasteiger charge is -2.06. The average molecular weight is 256 g/mol. The quantitative estimate of drug-likeness (QED) is 0.532. The Bertz CT molecular complexity index is 438. The molecule has 0 bridgehead atoms. The first kappa shape index (κ1) is 13.0. The van der Waals surface area contributed by atoms with Gasteiger partial charge in [-0.2, -0.15) is 0 Å². The number of carboxylic acid groups (broad SMARTS) is 3. The predicted molar refractivity (Wildman–Crippen MR) is 58.3 cm³/mol. The number of benzene rings is 1. The van der Waals surface area contributed by atoms with Gasteiger partial charge in [0.1, 0.15) is 0 Å². The van der Waals surface area contributed by atoms with Crippen molar-refractivity contribution in [3.05, 3.63) is 29.8 Å². The van der Waals surface area contributed by atoms with E-state index in [9.17, 15) is 14.4 Å². The number of carbonyl (C=O) groups is 3. The fourth-order valence-corrected chi connectivity index (χ4v) is 1.79. The van der Waals surface area contributed by atoms with Crippen LogP contribution in [0.15, 0.2) is 29.2 Å². The summed E-state index contributed by atoms with van der Waals surface area (Å²) in [6.45, 7) is 0. The van der Waals surface area contributed by atoms with Crippen LogP contribution in [0.5, 0.6) is 0 Å². The molecule has 1 rings (SSSR count). The minimum absolute atomic E-state index is 0.0524. The zero-order valence-electron chi connectivity index (χ0n) is 8.36. The van der Waals surface area contributed by atoms with E-state index in [-0.39, 0.29) is 5.56 Å². The molecule has 17 heavy (non-hydrogen) atoms. The van der Waals surface area contributed by atoms with Crippen LogP contribution < -0.4 is 0 Å². The molecule has 0 fully saturated rings. The number of hydrogen-bond acceptors (Lipinski definition) is 4. The molecular weight excluding hydrogens is 248 g/mol. The summed E-state index contributed by atoms with van der Waals surface area (Å²) in [5, 5.41) is 24.3. The second kappa shape index (κ2) is 5.35. The predicted octanol–water partition coefficient (Wildman–Crippen LogP) is 1.01. The highest BCUT2D eigenvalue weighted by Gasteiger charge is 2.26. The lowest BCUT2D eigenvalue weighted by Crippen LogP contribution is -2.25. The molecule has 0 saturated heterocycles. The van der Waals surface area contributed by atoms with Crippen LogP contribution in [0.25, 0.3) is 0 Å². The summed E-state index contributed by atoms with van der Waals surface area (Å²) in [7, 11) is 0. The molecule has 0 spiro atoms. The lowest BCUT2D eigenvalue weighted by atomic mass is 10.2. The first-order chi connectivity index (χ1) is 7.91. The molecule has 0 aliphatic heterocycles. The minimum atomic E-state index is -1.61. The van der Waals surface area contributed by atoms with Crippen molar-refractivity contribution in [3.8, 4) is 0 Å². The summed E-state index contributed by atoms with van der Waals surface area (Å²) in [5.41, 5.74) is 0.0524. The number of aromatic carboxylic acids is 1. The highest BCUT2D eigenvalue weighted by Crippen LogP contribution is 2.24. The Labute approximate surface area is 99.9 Å². The molecule has 0 heterocycles. The highest BCUT2D eigenvalue weighted by molar-refractivity contribution is 8.01. The molecule has 0 radical (unpaired) electrons. The van der Waals surface area contributed by atoms with Gasteiger partial charge in [-0.25, -0.2) is 4.79 Å². The van der Waals surface area contributed by atoms with E-state index in [1.54, 1.807) is 0 Å². The van der Waals surface area contributed by atoms with Gasteiger partial charge in [-0.3, -0.25) is 9.59 Å². The molecule has 1 aromatic carbocycles. The Kier molecular flexibility index (Phi) is 4.11. The van der Waals surface area contributed by atoms with Crippen LogP contribution in [-0.2, 0) is 9.59 Å². The summed E-state index contributed by atoms with van der Waals surface area (Å²) in [6, 6.07) is 5.30. The molecule has 90 valence electrons. The van der Waals surface area contributed by atoms with Gasteiger partial charge in [0.25, 0.3) is 0 Å². The molecule has 3 N–H and O–H groups in total. The Balaban J connectivity index is 2.84. The zero-order chi connectivity index (χ0) is 13.0. The molecule has 0 atom stereocenters. The number of hydrogen-bond donors (Lipinski definition) is 3. The largest absolute Gasteiger partial charge is 0.480 e. The summed E-state index contributed by atoms with van der Waals surface area (Å²) < 4.78 is 0. The van der Waals surface area contributed by atoms with Crippen LogP contribution in [-0.4, -0.2) is 38.5 Å². The van der Waals surface area contributed by atoms with Gasteiger partial charge < -0.3 is 15.3 Å². The second-order valence-electron chi connectivity index (χ2n) is 3.00. The summed E-state index contributed by atoms with van der Waals surface area (Å²) >= 11 is 0.633. The second-order valence-corrected chi connectivity index (χ2v) is 4.18. The van der Waals surface area contributed by atoms with Gasteiger partial charge >= 0.3 is 17.9 Å². The SMILES string of the molecule is O=C(O)c1ccc(SC(C(=O)O)C(=O)O)cc1. The van der Waals surface area contributed by atoms with Gasteiger partial charge in [-0.15, -0.1) is 0 Å². The van der Waals surface area contributed by atoms with Crippen molar-refractivity contribution in [2.45, 2.75) is 10.1 Å². The molecule has 6 nitrogen and oxygen atoms in total. The molecule has 0 saturated carbocycles. The van der Waals surface area contributed by atoms with Gasteiger partial charge in [0.2, 0.25) is 5.25 Å². The molecule has 7 heteroatoms. The van der Waals surface area contributed by atoms with Gasteiger partial charge in [-0.05, 0) is 24.3 Å². The van der Waals surface area contributed by atoms with Crippen molar-refractivity contribution >= 4 is 29.7 Å². The summed E-state index contributed by atoms with van der Waals surface area (Å²) in [6.07, 6.45) is 0. The van der Waals surface area contributed by atoms with Crippen LogP contribution in [0, 0.1) is 0 Å². The van der Waals surface area contributed by atoms with E-state index in [1.807, 2.05) is 0 Å². The van der Waals surface area contributed by atoms with Crippen LogP contribution in [0.4, 0.5) is 0 Å². The van der Waals surface area contributed by atoms with E-state index in [0.717, 1.165) is 0 Å². The molecular formula is C10H8O6S. The third-order valence-corrected chi connectivity index (χ3v) is 2.99. The fraction of sp³-hybridized carbons (Fsp3) is 0.100. The van der Waals surface area contributed by atoms with Crippen molar-refractivity contribution in [2.24, 2.45) is 0 Å². The van der Waals surface area contributed by atoms with E-state index in [1.165, 1.54) is 24.3 Å². The van der Waals surface area contributed by atoms with E-state index >= 15 is 0 Å². The lowest BCUT2D eigenvalue weighted by molar-refractivity contribution is -0.146. The molecule has 0 aliphatic rings. The first-order valence-corrected chi connectivity index (χ1v) is 5.25. The standard InChI is InChI=1S/C10H8O6S/c11-8(12)5-1-3-6(4-2-5)17-7(9(13)14)10(15)16/h1-4,7H,(H,11,12)(H,13,14)(H,15,16). The van der Waals surface area contributed by atoms with Crippen molar-refractivity contribution in [1.29, 1.82) is 0 Å². The normalized spacial score (nSPS) is 10.2. The first-order valence-electron chi connectivity index (χ1n) is 4.37. The Hall–Kier alpha value is -2.02. The summed E-state index contributed by atoms with van der Waals surface area (Å²) in [5.74, 6) is -4.01. The topological polar surface area (TPSA) is 112 Å². The number of aliphatic carboxylic acids is 2. The zero-order valence-corrected chi connectivity index (χ0v) is 9.18. The third kappa shape index (κ3) is 3.49. The Morgan fingerprint density at radius 2 is 1.41 bits per heavy atom.